The Balaban J connectivity index is 2.06. The SMILES string of the molecule is Cc1cccc(N(Cc2ccccn2)S(=O)(=O)c2ccc([N+](=O)[O-])cc2)c1. The number of nitrogens with zero attached hydrogens (tertiary/aromatic N) is 3. The van der Waals surface area contributed by atoms with Gasteiger partial charge in [0.1, 0.15) is 0 Å². The Morgan fingerprint density at radius 3 is 2.37 bits per heavy atom. The smallest absolute Gasteiger partial charge is 0.260 e. The third-order valence-corrected chi connectivity index (χ3v) is 5.75. The van der Waals surface area contributed by atoms with Gasteiger partial charge in [-0.2, -0.15) is 0 Å². The van der Waals surface area contributed by atoms with E-state index in [-0.39, 0.29) is 17.1 Å². The number of aryl methyl sites for hydroxylation is 1. The monoisotopic (exact) mass is 383 g/mol. The highest BCUT2D eigenvalue weighted by Crippen LogP contribution is 2.27. The summed E-state index contributed by atoms with van der Waals surface area (Å²) in [6.07, 6.45) is 1.60. The van der Waals surface area contributed by atoms with Crippen molar-refractivity contribution >= 4 is 21.4 Å². The van der Waals surface area contributed by atoms with Crippen molar-refractivity contribution in [3.8, 4) is 0 Å². The molecule has 0 radical (unpaired) electrons. The summed E-state index contributed by atoms with van der Waals surface area (Å²) in [5.74, 6) is 0. The zero-order valence-electron chi connectivity index (χ0n) is 14.5. The molecule has 3 rings (SSSR count). The van der Waals surface area contributed by atoms with Gasteiger partial charge in [0, 0.05) is 18.3 Å². The highest BCUT2D eigenvalue weighted by Gasteiger charge is 2.26. The number of aromatic nitrogens is 1. The Kier molecular flexibility index (Phi) is 5.18. The number of sulfonamides is 1. The first-order valence-corrected chi connectivity index (χ1v) is 9.56. The first-order valence-electron chi connectivity index (χ1n) is 8.12. The number of rotatable bonds is 6. The lowest BCUT2D eigenvalue weighted by atomic mass is 10.2. The molecule has 0 saturated carbocycles. The van der Waals surface area contributed by atoms with Crippen molar-refractivity contribution in [1.82, 2.24) is 4.98 Å². The van der Waals surface area contributed by atoms with Gasteiger partial charge in [0.25, 0.3) is 15.7 Å². The van der Waals surface area contributed by atoms with Crippen molar-refractivity contribution in [3.05, 3.63) is 94.3 Å². The normalized spacial score (nSPS) is 11.1. The van der Waals surface area contributed by atoms with Crippen molar-refractivity contribution in [2.75, 3.05) is 4.31 Å². The summed E-state index contributed by atoms with van der Waals surface area (Å²) in [4.78, 5) is 14.5. The van der Waals surface area contributed by atoms with Crippen LogP contribution >= 0.6 is 0 Å². The van der Waals surface area contributed by atoms with E-state index < -0.39 is 14.9 Å². The molecule has 0 unspecified atom stereocenters. The Labute approximate surface area is 157 Å². The van der Waals surface area contributed by atoms with Crippen LogP contribution in [-0.4, -0.2) is 18.3 Å². The van der Waals surface area contributed by atoms with Crippen LogP contribution in [0.1, 0.15) is 11.3 Å². The van der Waals surface area contributed by atoms with Gasteiger partial charge in [0.05, 0.1) is 27.7 Å². The average Bonchev–Trinajstić information content (AvgIpc) is 2.67. The number of non-ortho nitro benzene ring substituents is 1. The van der Waals surface area contributed by atoms with Crippen molar-refractivity contribution in [3.63, 3.8) is 0 Å². The van der Waals surface area contributed by atoms with Crippen molar-refractivity contribution < 1.29 is 13.3 Å². The minimum Gasteiger partial charge on any atom is -0.260 e. The van der Waals surface area contributed by atoms with Gasteiger partial charge in [-0.1, -0.05) is 18.2 Å². The average molecular weight is 383 g/mol. The van der Waals surface area contributed by atoms with Gasteiger partial charge < -0.3 is 0 Å². The molecule has 1 aromatic heterocycles. The summed E-state index contributed by atoms with van der Waals surface area (Å²) in [6.45, 7) is 1.92. The minimum atomic E-state index is -3.94. The number of nitro groups is 1. The second kappa shape index (κ2) is 7.55. The van der Waals surface area contributed by atoms with Crippen molar-refractivity contribution in [2.45, 2.75) is 18.4 Å². The van der Waals surface area contributed by atoms with Gasteiger partial charge in [-0.3, -0.25) is 19.4 Å². The maximum atomic E-state index is 13.3. The standard InChI is InChI=1S/C19H17N3O4S/c1-15-5-4-7-18(13-15)21(14-16-6-2-3-12-20-16)27(25,26)19-10-8-17(9-11-19)22(23)24/h2-13H,14H2,1H3. The predicted molar refractivity (Wildman–Crippen MR) is 102 cm³/mol. The van der Waals surface area contributed by atoms with E-state index in [4.69, 9.17) is 0 Å². The number of hydrogen-bond donors (Lipinski definition) is 0. The van der Waals surface area contributed by atoms with Crippen LogP contribution in [0.5, 0.6) is 0 Å². The largest absolute Gasteiger partial charge is 0.269 e. The predicted octanol–water partition coefficient (Wildman–Crippen LogP) is 3.69. The third kappa shape index (κ3) is 4.12. The zero-order chi connectivity index (χ0) is 19.4. The molecule has 7 nitrogen and oxygen atoms in total. The number of benzene rings is 2. The highest BCUT2D eigenvalue weighted by molar-refractivity contribution is 7.92. The topological polar surface area (TPSA) is 93.4 Å². The number of hydrogen-bond acceptors (Lipinski definition) is 5. The molecule has 0 N–H and O–H groups in total. The summed E-state index contributed by atoms with van der Waals surface area (Å²) in [5.41, 5.74) is 1.83. The first kappa shape index (κ1) is 18.5. The fraction of sp³-hybridized carbons (Fsp3) is 0.105. The number of pyridine rings is 1. The molecule has 0 aliphatic carbocycles. The molecule has 0 bridgehead atoms. The van der Waals surface area contributed by atoms with Crippen LogP contribution in [0.2, 0.25) is 0 Å². The Bertz CT molecular complexity index is 1050. The van der Waals surface area contributed by atoms with Crippen LogP contribution in [0, 0.1) is 17.0 Å². The summed E-state index contributed by atoms with van der Waals surface area (Å²) in [6, 6.07) is 17.3. The van der Waals surface area contributed by atoms with E-state index in [0.29, 0.717) is 11.4 Å². The molecule has 138 valence electrons. The molecule has 2 aromatic carbocycles. The van der Waals surface area contributed by atoms with E-state index in [1.165, 1.54) is 28.6 Å². The quantitative estimate of drug-likeness (QED) is 0.478. The summed E-state index contributed by atoms with van der Waals surface area (Å²) >= 11 is 0. The Hall–Kier alpha value is -3.26. The fourth-order valence-electron chi connectivity index (χ4n) is 2.60. The Morgan fingerprint density at radius 1 is 1.04 bits per heavy atom. The van der Waals surface area contributed by atoms with Crippen LogP contribution in [0.4, 0.5) is 11.4 Å². The molecule has 27 heavy (non-hydrogen) atoms. The minimum absolute atomic E-state index is 0.0227. The van der Waals surface area contributed by atoms with Crippen LogP contribution < -0.4 is 4.31 Å². The molecule has 0 aliphatic rings. The summed E-state index contributed by atoms with van der Waals surface area (Å²) < 4.78 is 27.8. The van der Waals surface area contributed by atoms with E-state index in [9.17, 15) is 18.5 Å². The summed E-state index contributed by atoms with van der Waals surface area (Å²) in [5, 5.41) is 10.8. The lowest BCUT2D eigenvalue weighted by Gasteiger charge is -2.24. The molecule has 0 spiro atoms. The Morgan fingerprint density at radius 2 is 1.78 bits per heavy atom. The van der Waals surface area contributed by atoms with Crippen LogP contribution in [0.15, 0.2) is 77.8 Å². The van der Waals surface area contributed by atoms with Crippen LogP contribution in [-0.2, 0) is 16.6 Å². The number of anilines is 1. The van der Waals surface area contributed by atoms with Gasteiger partial charge in [-0.05, 0) is 48.9 Å². The van der Waals surface area contributed by atoms with E-state index in [2.05, 4.69) is 4.98 Å². The molecule has 0 amide bonds. The third-order valence-electron chi connectivity index (χ3n) is 3.96. The maximum absolute atomic E-state index is 13.3. The van der Waals surface area contributed by atoms with Gasteiger partial charge in [0.2, 0.25) is 0 Å². The number of nitro benzene ring substituents is 1. The molecule has 3 aromatic rings. The molecule has 0 atom stereocenters. The molecular weight excluding hydrogens is 366 g/mol. The molecule has 8 heteroatoms. The van der Waals surface area contributed by atoms with E-state index in [1.807, 2.05) is 13.0 Å². The lowest BCUT2D eigenvalue weighted by Crippen LogP contribution is -2.31. The first-order chi connectivity index (χ1) is 12.9. The van der Waals surface area contributed by atoms with Crippen molar-refractivity contribution in [2.24, 2.45) is 0 Å². The zero-order valence-corrected chi connectivity index (χ0v) is 15.3. The van der Waals surface area contributed by atoms with E-state index >= 15 is 0 Å². The van der Waals surface area contributed by atoms with Crippen LogP contribution in [0.25, 0.3) is 0 Å². The molecule has 1 heterocycles. The van der Waals surface area contributed by atoms with Crippen molar-refractivity contribution in [1.29, 1.82) is 0 Å². The van der Waals surface area contributed by atoms with Gasteiger partial charge in [-0.25, -0.2) is 8.42 Å². The maximum Gasteiger partial charge on any atom is 0.269 e. The second-order valence-corrected chi connectivity index (χ2v) is 7.79. The molecule has 0 aliphatic heterocycles. The molecule has 0 fully saturated rings. The summed E-state index contributed by atoms with van der Waals surface area (Å²) in [7, 11) is -3.94. The molecular formula is C19H17N3O4S. The van der Waals surface area contributed by atoms with Gasteiger partial charge >= 0.3 is 0 Å². The van der Waals surface area contributed by atoms with E-state index in [1.54, 1.807) is 42.6 Å². The fourth-order valence-corrected chi connectivity index (χ4v) is 4.03. The molecule has 0 saturated heterocycles. The van der Waals surface area contributed by atoms with Gasteiger partial charge in [-0.15, -0.1) is 0 Å². The highest BCUT2D eigenvalue weighted by atomic mass is 32.2. The lowest BCUT2D eigenvalue weighted by molar-refractivity contribution is -0.384. The van der Waals surface area contributed by atoms with Crippen LogP contribution in [0.3, 0.4) is 0 Å². The second-order valence-electron chi connectivity index (χ2n) is 5.92. The van der Waals surface area contributed by atoms with Gasteiger partial charge in [0.15, 0.2) is 0 Å². The van der Waals surface area contributed by atoms with E-state index in [0.717, 1.165) is 5.56 Å².